The minimum Gasteiger partial charge on any atom is -0.480 e. The Morgan fingerprint density at radius 2 is 2.27 bits per heavy atom. The molecule has 0 aromatic heterocycles. The number of aliphatic carboxylic acids is 1. The second-order valence-electron chi connectivity index (χ2n) is 1.66. The van der Waals surface area contributed by atoms with Crippen LogP contribution in [-0.2, 0) is 20.7 Å². The van der Waals surface area contributed by atoms with Gasteiger partial charge in [0.1, 0.15) is 6.04 Å². The van der Waals surface area contributed by atoms with Crippen LogP contribution in [-0.4, -0.2) is 38.0 Å². The molecule has 64 valence electrons. The summed E-state index contributed by atoms with van der Waals surface area (Å²) in [5.74, 6) is -1.84. The molecule has 0 saturated heterocycles. The van der Waals surface area contributed by atoms with Gasteiger partial charge >= 0.3 is 5.97 Å². The molecule has 0 aliphatic rings. The topological polar surface area (TPSA) is 104 Å². The predicted octanol–water partition coefficient (Wildman–Crippen LogP) is -1.59. The molecule has 0 heterocycles. The molecule has 0 fully saturated rings. The molecule has 0 spiro atoms. The third-order valence-corrected chi connectivity index (χ3v) is 1.50. The van der Waals surface area contributed by atoms with Gasteiger partial charge in [0, 0.05) is 0 Å². The van der Waals surface area contributed by atoms with Gasteiger partial charge in [-0.25, -0.2) is 9.00 Å². The van der Waals surface area contributed by atoms with Gasteiger partial charge in [-0.1, -0.05) is 0 Å². The highest BCUT2D eigenvalue weighted by Crippen LogP contribution is 1.85. The lowest BCUT2D eigenvalue weighted by Gasteiger charge is -2.06. The average molecular weight is 181 g/mol. The van der Waals surface area contributed by atoms with E-state index in [1.165, 1.54) is 0 Å². The molecule has 0 aromatic rings. The van der Waals surface area contributed by atoms with Gasteiger partial charge in [0.05, 0.1) is 5.75 Å². The molecule has 0 aromatic carbocycles. The Kier molecular flexibility index (Phi) is 4.39. The van der Waals surface area contributed by atoms with E-state index >= 15 is 0 Å². The van der Waals surface area contributed by atoms with Crippen molar-refractivity contribution in [3.05, 3.63) is 0 Å². The third kappa shape index (κ3) is 4.45. The van der Waals surface area contributed by atoms with E-state index in [9.17, 15) is 13.8 Å². The Labute approximate surface area is 64.9 Å². The van der Waals surface area contributed by atoms with Gasteiger partial charge in [0.15, 0.2) is 11.1 Å². The van der Waals surface area contributed by atoms with Gasteiger partial charge in [0.25, 0.3) is 0 Å². The number of rotatable bonds is 5. The van der Waals surface area contributed by atoms with Crippen molar-refractivity contribution in [2.24, 2.45) is 0 Å². The van der Waals surface area contributed by atoms with E-state index in [0.29, 0.717) is 0 Å². The lowest BCUT2D eigenvalue weighted by atomic mass is 10.3. The van der Waals surface area contributed by atoms with Crippen LogP contribution in [0.3, 0.4) is 0 Å². The van der Waals surface area contributed by atoms with Crippen molar-refractivity contribution in [1.29, 1.82) is 0 Å². The predicted molar refractivity (Wildman–Crippen MR) is 36.3 cm³/mol. The second-order valence-corrected chi connectivity index (χ2v) is 2.64. The maximum absolute atomic E-state index is 10.2. The molecule has 1 amide bonds. The molecule has 0 bridgehead atoms. The van der Waals surface area contributed by atoms with Crippen molar-refractivity contribution in [2.75, 3.05) is 5.75 Å². The van der Waals surface area contributed by atoms with Crippen molar-refractivity contribution in [1.82, 2.24) is 5.32 Å². The van der Waals surface area contributed by atoms with Crippen molar-refractivity contribution in [3.8, 4) is 0 Å². The molecule has 1 unspecified atom stereocenters. The summed E-state index contributed by atoms with van der Waals surface area (Å²) in [4.78, 5) is 19.9. The molecule has 0 aliphatic carbocycles. The summed E-state index contributed by atoms with van der Waals surface area (Å²) in [6.45, 7) is 0. The minimum absolute atomic E-state index is 0.172. The molecule has 7 heteroatoms. The Morgan fingerprint density at radius 1 is 1.73 bits per heavy atom. The van der Waals surface area contributed by atoms with Crippen LogP contribution in [0.5, 0.6) is 0 Å². The van der Waals surface area contributed by atoms with E-state index in [-0.39, 0.29) is 6.41 Å². The fourth-order valence-electron chi connectivity index (χ4n) is 0.415. The fourth-order valence-corrected chi connectivity index (χ4v) is 0.939. The van der Waals surface area contributed by atoms with E-state index < -0.39 is 28.8 Å². The first-order valence-electron chi connectivity index (χ1n) is 2.58. The van der Waals surface area contributed by atoms with E-state index in [0.717, 1.165) is 0 Å². The normalized spacial score (nSPS) is 15.0. The van der Waals surface area contributed by atoms with Crippen LogP contribution in [0, 0.1) is 0 Å². The summed E-state index contributed by atoms with van der Waals surface area (Å²) in [6.07, 6.45) is 0.172. The zero-order valence-electron chi connectivity index (χ0n) is 5.39. The first-order chi connectivity index (χ1) is 5.07. The van der Waals surface area contributed by atoms with Crippen LogP contribution in [0.4, 0.5) is 0 Å². The summed E-state index contributed by atoms with van der Waals surface area (Å²) < 4.78 is 18.3. The number of carboxylic acid groups (broad SMARTS) is 1. The highest BCUT2D eigenvalue weighted by atomic mass is 32.2. The molecule has 3 N–H and O–H groups in total. The molecule has 6 nitrogen and oxygen atoms in total. The van der Waals surface area contributed by atoms with Crippen molar-refractivity contribution < 1.29 is 23.5 Å². The quantitative estimate of drug-likeness (QED) is 0.350. The number of hydrogen-bond acceptors (Lipinski definition) is 3. The van der Waals surface area contributed by atoms with Gasteiger partial charge in [0.2, 0.25) is 6.41 Å². The van der Waals surface area contributed by atoms with Gasteiger partial charge in [-0.3, -0.25) is 4.79 Å². The lowest BCUT2D eigenvalue weighted by Crippen LogP contribution is -2.40. The van der Waals surface area contributed by atoms with Crippen LogP contribution < -0.4 is 5.32 Å². The number of hydrogen-bond donors (Lipinski definition) is 3. The van der Waals surface area contributed by atoms with Crippen LogP contribution in [0.1, 0.15) is 0 Å². The number of carboxylic acids is 1. The third-order valence-electron chi connectivity index (χ3n) is 0.877. The molecular weight excluding hydrogens is 174 g/mol. The zero-order valence-corrected chi connectivity index (χ0v) is 6.21. The van der Waals surface area contributed by atoms with Crippen LogP contribution in [0.15, 0.2) is 0 Å². The molecule has 0 saturated carbocycles. The Balaban J connectivity index is 3.99. The first kappa shape index (κ1) is 10.0. The number of amides is 1. The molecule has 0 rings (SSSR count). The van der Waals surface area contributed by atoms with Gasteiger partial charge < -0.3 is 15.0 Å². The summed E-state index contributed by atoms with van der Waals surface area (Å²) in [5.41, 5.74) is 0. The highest BCUT2D eigenvalue weighted by molar-refractivity contribution is 7.79. The Bertz CT molecular complexity index is 181. The summed E-state index contributed by atoms with van der Waals surface area (Å²) in [7, 11) is 0. The highest BCUT2D eigenvalue weighted by Gasteiger charge is 2.18. The monoisotopic (exact) mass is 181 g/mol. The van der Waals surface area contributed by atoms with Crippen molar-refractivity contribution in [2.45, 2.75) is 6.04 Å². The summed E-state index contributed by atoms with van der Waals surface area (Å²) >= 11 is -2.22. The largest absolute Gasteiger partial charge is 0.480 e. The number of carbonyl (C=O) groups excluding carboxylic acids is 1. The average Bonchev–Trinajstić information content (AvgIpc) is 1.86. The summed E-state index contributed by atoms with van der Waals surface area (Å²) in [6, 6.07) is -1.29. The van der Waals surface area contributed by atoms with Gasteiger partial charge in [-0.15, -0.1) is 0 Å². The standard InChI is InChI=1S/C4H7NO5S/c6-2-5-3(4(7)8)1-11(9)10/h2-3H,1H2,(H,5,6)(H,7,8)(H,9,10)/t3-/m0/s1. The number of nitrogens with one attached hydrogen (secondary N) is 1. The summed E-state index contributed by atoms with van der Waals surface area (Å²) in [5, 5.41) is 10.2. The van der Waals surface area contributed by atoms with Crippen LogP contribution >= 0.6 is 0 Å². The Hall–Kier alpha value is -0.950. The maximum atomic E-state index is 10.2. The molecule has 2 atom stereocenters. The SMILES string of the molecule is O=CN[C@@H](CS(=O)O)C(=O)O. The van der Waals surface area contributed by atoms with Crippen molar-refractivity contribution >= 4 is 23.5 Å². The zero-order chi connectivity index (χ0) is 8.85. The Morgan fingerprint density at radius 3 is 2.55 bits per heavy atom. The molecule has 0 aliphatic heterocycles. The second kappa shape index (κ2) is 4.80. The van der Waals surface area contributed by atoms with E-state index in [2.05, 4.69) is 0 Å². The van der Waals surface area contributed by atoms with Crippen LogP contribution in [0.2, 0.25) is 0 Å². The minimum atomic E-state index is -2.22. The smallest absolute Gasteiger partial charge is 0.327 e. The molecule has 11 heavy (non-hydrogen) atoms. The van der Waals surface area contributed by atoms with E-state index in [1.807, 2.05) is 5.32 Å². The fraction of sp³-hybridized carbons (Fsp3) is 0.500. The van der Waals surface area contributed by atoms with Crippen molar-refractivity contribution in [3.63, 3.8) is 0 Å². The molecule has 0 radical (unpaired) electrons. The van der Waals surface area contributed by atoms with E-state index in [4.69, 9.17) is 9.66 Å². The number of carbonyl (C=O) groups is 2. The van der Waals surface area contributed by atoms with Gasteiger partial charge in [-0.05, 0) is 0 Å². The maximum Gasteiger partial charge on any atom is 0.327 e. The van der Waals surface area contributed by atoms with Crippen LogP contribution in [0.25, 0.3) is 0 Å². The first-order valence-corrected chi connectivity index (χ1v) is 3.85. The van der Waals surface area contributed by atoms with E-state index in [1.54, 1.807) is 0 Å². The lowest BCUT2D eigenvalue weighted by molar-refractivity contribution is -0.139. The molecular formula is C4H7NO5S. The van der Waals surface area contributed by atoms with Gasteiger partial charge in [-0.2, -0.15) is 0 Å².